The summed E-state index contributed by atoms with van der Waals surface area (Å²) in [5.74, 6) is 1.88. The smallest absolute Gasteiger partial charge is 0.164 e. The molecule has 2 nitrogen and oxygen atoms in total. The van der Waals surface area contributed by atoms with Gasteiger partial charge in [-0.2, -0.15) is 0 Å². The van der Waals surface area contributed by atoms with Crippen molar-refractivity contribution in [2.75, 3.05) is 0 Å². The van der Waals surface area contributed by atoms with Crippen LogP contribution in [0.25, 0.3) is 0 Å². The number of hydrogen-bond donors (Lipinski definition) is 1. The molecule has 2 heteroatoms. The fourth-order valence-electron chi connectivity index (χ4n) is 5.03. The highest BCUT2D eigenvalue weighted by molar-refractivity contribution is 5.95. The number of ketones is 1. The van der Waals surface area contributed by atoms with E-state index in [1.807, 2.05) is 0 Å². The van der Waals surface area contributed by atoms with E-state index in [9.17, 15) is 9.90 Å². The van der Waals surface area contributed by atoms with E-state index >= 15 is 0 Å². The minimum Gasteiger partial charge on any atom is -0.512 e. The molecule has 0 heterocycles. The summed E-state index contributed by atoms with van der Waals surface area (Å²) in [6.07, 6.45) is 15.7. The van der Waals surface area contributed by atoms with E-state index in [-0.39, 0.29) is 16.6 Å². The Labute approximate surface area is 155 Å². The zero-order chi connectivity index (χ0) is 18.5. The Bertz CT molecular complexity index is 468. The average molecular weight is 349 g/mol. The number of aliphatic hydroxyl groups excluding tert-OH is 1. The summed E-state index contributed by atoms with van der Waals surface area (Å²) in [5.41, 5.74) is -0.558. The second-order valence-corrected chi connectivity index (χ2v) is 9.43. The van der Waals surface area contributed by atoms with E-state index in [2.05, 4.69) is 27.7 Å². The number of aliphatic hydroxyl groups is 1. The molecule has 0 aromatic rings. The lowest BCUT2D eigenvalue weighted by atomic mass is 9.72. The molecule has 2 saturated carbocycles. The summed E-state index contributed by atoms with van der Waals surface area (Å²) in [6.45, 7) is 8.51. The van der Waals surface area contributed by atoms with Crippen LogP contribution < -0.4 is 0 Å². The van der Waals surface area contributed by atoms with Crippen molar-refractivity contribution < 1.29 is 9.90 Å². The van der Waals surface area contributed by atoms with Crippen LogP contribution in [0.2, 0.25) is 0 Å². The predicted molar refractivity (Wildman–Crippen MR) is 106 cm³/mol. The summed E-state index contributed by atoms with van der Waals surface area (Å²) >= 11 is 0. The Morgan fingerprint density at radius 2 is 1.28 bits per heavy atom. The third-order valence-electron chi connectivity index (χ3n) is 7.47. The zero-order valence-corrected chi connectivity index (χ0v) is 17.1. The Kier molecular flexibility index (Phi) is 7.17. The Morgan fingerprint density at radius 1 is 0.880 bits per heavy atom. The standard InChI is InChI=1S/C23H40O2/c1-5-22(3,16-18-11-7-8-12-18)20(24)15-21(25)23(4,6-2)17-19-13-9-10-14-19/h15,18-19,24H,5-14,16-17H2,1-4H3/b20-15-. The van der Waals surface area contributed by atoms with Gasteiger partial charge in [0.2, 0.25) is 0 Å². The second kappa shape index (κ2) is 8.73. The van der Waals surface area contributed by atoms with Crippen molar-refractivity contribution in [2.24, 2.45) is 22.7 Å². The van der Waals surface area contributed by atoms with Gasteiger partial charge < -0.3 is 5.11 Å². The van der Waals surface area contributed by atoms with Crippen LogP contribution in [0.1, 0.15) is 105 Å². The highest BCUT2D eigenvalue weighted by atomic mass is 16.3. The summed E-state index contributed by atoms with van der Waals surface area (Å²) < 4.78 is 0. The number of carbonyl (C=O) groups is 1. The Balaban J connectivity index is 2.08. The van der Waals surface area contributed by atoms with Gasteiger partial charge in [-0.3, -0.25) is 4.79 Å². The molecule has 0 saturated heterocycles. The largest absolute Gasteiger partial charge is 0.512 e. The van der Waals surface area contributed by atoms with Crippen molar-refractivity contribution in [3.63, 3.8) is 0 Å². The third kappa shape index (κ3) is 5.11. The summed E-state index contributed by atoms with van der Waals surface area (Å²) in [4.78, 5) is 13.1. The molecule has 25 heavy (non-hydrogen) atoms. The molecule has 2 aliphatic rings. The first-order chi connectivity index (χ1) is 11.8. The first-order valence-electron chi connectivity index (χ1n) is 10.8. The highest BCUT2D eigenvalue weighted by Crippen LogP contribution is 2.43. The summed E-state index contributed by atoms with van der Waals surface area (Å²) in [7, 11) is 0. The van der Waals surface area contributed by atoms with Gasteiger partial charge in [0.1, 0.15) is 5.76 Å². The van der Waals surface area contributed by atoms with Crippen molar-refractivity contribution in [1.82, 2.24) is 0 Å². The lowest BCUT2D eigenvalue weighted by Crippen LogP contribution is -2.30. The van der Waals surface area contributed by atoms with E-state index in [4.69, 9.17) is 0 Å². The van der Waals surface area contributed by atoms with Crippen LogP contribution in [-0.4, -0.2) is 10.9 Å². The maximum Gasteiger partial charge on any atom is 0.164 e. The lowest BCUT2D eigenvalue weighted by molar-refractivity contribution is -0.124. The molecular weight excluding hydrogens is 308 g/mol. The number of rotatable bonds is 9. The predicted octanol–water partition coefficient (Wildman–Crippen LogP) is 6.99. The van der Waals surface area contributed by atoms with E-state index in [0.717, 1.165) is 25.7 Å². The molecule has 2 fully saturated rings. The molecule has 2 unspecified atom stereocenters. The number of carbonyl (C=O) groups excluding carboxylic acids is 1. The third-order valence-corrected chi connectivity index (χ3v) is 7.47. The van der Waals surface area contributed by atoms with Gasteiger partial charge in [0.25, 0.3) is 0 Å². The van der Waals surface area contributed by atoms with Gasteiger partial charge >= 0.3 is 0 Å². The van der Waals surface area contributed by atoms with Gasteiger partial charge in [0.05, 0.1) is 0 Å². The molecule has 0 aliphatic heterocycles. The normalized spacial score (nSPS) is 25.0. The van der Waals surface area contributed by atoms with Crippen LogP contribution in [0.3, 0.4) is 0 Å². The maximum absolute atomic E-state index is 13.1. The number of allylic oxidation sites excluding steroid dienone is 2. The number of hydrogen-bond acceptors (Lipinski definition) is 2. The summed E-state index contributed by atoms with van der Waals surface area (Å²) in [6, 6.07) is 0. The van der Waals surface area contributed by atoms with Crippen LogP contribution in [0.5, 0.6) is 0 Å². The van der Waals surface area contributed by atoms with Crippen molar-refractivity contribution in [1.29, 1.82) is 0 Å². The van der Waals surface area contributed by atoms with Crippen molar-refractivity contribution in [3.05, 3.63) is 11.8 Å². The zero-order valence-electron chi connectivity index (χ0n) is 17.1. The van der Waals surface area contributed by atoms with E-state index in [1.54, 1.807) is 6.08 Å². The fourth-order valence-corrected chi connectivity index (χ4v) is 5.03. The van der Waals surface area contributed by atoms with Crippen LogP contribution in [0.4, 0.5) is 0 Å². The minimum atomic E-state index is -0.314. The molecule has 2 atom stereocenters. The van der Waals surface area contributed by atoms with Crippen LogP contribution in [-0.2, 0) is 4.79 Å². The molecule has 2 aliphatic carbocycles. The van der Waals surface area contributed by atoms with Crippen LogP contribution in [0, 0.1) is 22.7 Å². The second-order valence-electron chi connectivity index (χ2n) is 9.43. The molecule has 0 radical (unpaired) electrons. The van der Waals surface area contributed by atoms with E-state index < -0.39 is 0 Å². The van der Waals surface area contributed by atoms with Crippen molar-refractivity contribution in [2.45, 2.75) is 105 Å². The molecule has 0 bridgehead atoms. The van der Waals surface area contributed by atoms with Gasteiger partial charge in [-0.05, 0) is 37.5 Å². The molecule has 0 aromatic heterocycles. The first kappa shape index (κ1) is 20.5. The highest BCUT2D eigenvalue weighted by Gasteiger charge is 2.37. The first-order valence-corrected chi connectivity index (χ1v) is 10.8. The molecule has 0 aromatic carbocycles. The van der Waals surface area contributed by atoms with Gasteiger partial charge in [-0.1, -0.05) is 79.1 Å². The lowest BCUT2D eigenvalue weighted by Gasteiger charge is -2.32. The van der Waals surface area contributed by atoms with E-state index in [0.29, 0.717) is 17.6 Å². The Hall–Kier alpha value is -0.790. The molecule has 144 valence electrons. The van der Waals surface area contributed by atoms with Gasteiger partial charge in [-0.25, -0.2) is 0 Å². The molecule has 2 rings (SSSR count). The molecule has 0 amide bonds. The van der Waals surface area contributed by atoms with Crippen molar-refractivity contribution in [3.8, 4) is 0 Å². The molecule has 1 N–H and O–H groups in total. The van der Waals surface area contributed by atoms with Gasteiger partial charge in [-0.15, -0.1) is 0 Å². The topological polar surface area (TPSA) is 37.3 Å². The monoisotopic (exact) mass is 348 g/mol. The molecular formula is C23H40O2. The SMILES string of the molecule is CCC(C)(CC1CCCC1)C(=O)/C=C(\O)C(C)(CC)CC1CCCC1. The van der Waals surface area contributed by atoms with E-state index in [1.165, 1.54) is 51.4 Å². The van der Waals surface area contributed by atoms with Gasteiger partial charge in [0, 0.05) is 16.9 Å². The maximum atomic E-state index is 13.1. The quantitative estimate of drug-likeness (QED) is 0.360. The average Bonchev–Trinajstić information content (AvgIpc) is 3.28. The van der Waals surface area contributed by atoms with Crippen LogP contribution >= 0.6 is 0 Å². The van der Waals surface area contributed by atoms with Crippen molar-refractivity contribution >= 4 is 5.78 Å². The van der Waals surface area contributed by atoms with Gasteiger partial charge in [0.15, 0.2) is 5.78 Å². The molecule has 0 spiro atoms. The van der Waals surface area contributed by atoms with Crippen LogP contribution in [0.15, 0.2) is 11.8 Å². The minimum absolute atomic E-state index is 0.144. The summed E-state index contributed by atoms with van der Waals surface area (Å²) in [5, 5.41) is 10.9. The fraction of sp³-hybridized carbons (Fsp3) is 0.870. The Morgan fingerprint density at radius 3 is 1.68 bits per heavy atom.